The highest BCUT2D eigenvalue weighted by atomic mass is 35.5. The number of carbonyl (C=O) groups is 2. The van der Waals surface area contributed by atoms with Crippen LogP contribution < -0.4 is 4.74 Å². The lowest BCUT2D eigenvalue weighted by atomic mass is 9.96. The van der Waals surface area contributed by atoms with E-state index in [0.29, 0.717) is 33.7 Å². The van der Waals surface area contributed by atoms with Crippen molar-refractivity contribution in [1.29, 1.82) is 0 Å². The van der Waals surface area contributed by atoms with E-state index in [2.05, 4.69) is 18.2 Å². The second-order valence-electron chi connectivity index (χ2n) is 6.99. The minimum absolute atomic E-state index is 0.262. The first-order chi connectivity index (χ1) is 13.6. The van der Waals surface area contributed by atoms with E-state index in [4.69, 9.17) is 32.7 Å². The molecule has 0 spiro atoms. The second-order valence-corrected chi connectivity index (χ2v) is 7.83. The molecule has 160 valence electrons. The maximum atomic E-state index is 12.2. The number of hydrogen-bond donors (Lipinski definition) is 0. The van der Waals surface area contributed by atoms with E-state index >= 15 is 0 Å². The van der Waals surface area contributed by atoms with Crippen LogP contribution in [0.4, 0.5) is 0 Å². The first-order valence-corrected chi connectivity index (χ1v) is 10.1. The van der Waals surface area contributed by atoms with Crippen LogP contribution in [0.3, 0.4) is 0 Å². The first kappa shape index (κ1) is 25.1. The fourth-order valence-corrected chi connectivity index (χ4v) is 2.97. The summed E-state index contributed by atoms with van der Waals surface area (Å²) in [5, 5.41) is 0.809. The van der Waals surface area contributed by atoms with Gasteiger partial charge in [0.1, 0.15) is 11.9 Å². The van der Waals surface area contributed by atoms with E-state index in [1.54, 1.807) is 19.1 Å². The zero-order valence-electron chi connectivity index (χ0n) is 17.3. The summed E-state index contributed by atoms with van der Waals surface area (Å²) in [5.41, 5.74) is 1.34. The van der Waals surface area contributed by atoms with Gasteiger partial charge in [-0.2, -0.15) is 0 Å². The normalized spacial score (nSPS) is 13.4. The Morgan fingerprint density at radius 2 is 1.90 bits per heavy atom. The summed E-state index contributed by atoms with van der Waals surface area (Å²) in [4.78, 5) is 23.6. The summed E-state index contributed by atoms with van der Waals surface area (Å²) in [6.07, 6.45) is 3.63. The van der Waals surface area contributed by atoms with Crippen LogP contribution in [-0.4, -0.2) is 31.8 Å². The van der Waals surface area contributed by atoms with Crippen LogP contribution >= 0.6 is 23.2 Å². The van der Waals surface area contributed by atoms with Gasteiger partial charge in [0.25, 0.3) is 0 Å². The molecule has 0 aliphatic carbocycles. The van der Waals surface area contributed by atoms with Gasteiger partial charge in [0.2, 0.25) is 0 Å². The lowest BCUT2D eigenvalue weighted by Crippen LogP contribution is -2.24. The summed E-state index contributed by atoms with van der Waals surface area (Å²) in [6.45, 7) is 9.27. The van der Waals surface area contributed by atoms with Crippen molar-refractivity contribution in [3.8, 4) is 5.75 Å². The molecule has 29 heavy (non-hydrogen) atoms. The highest BCUT2D eigenvalue weighted by molar-refractivity contribution is 6.35. The maximum Gasteiger partial charge on any atom is 0.344 e. The van der Waals surface area contributed by atoms with Gasteiger partial charge < -0.3 is 14.2 Å². The largest absolute Gasteiger partial charge is 0.480 e. The highest BCUT2D eigenvalue weighted by Crippen LogP contribution is 2.27. The van der Waals surface area contributed by atoms with E-state index in [1.807, 2.05) is 13.0 Å². The van der Waals surface area contributed by atoms with Crippen LogP contribution in [0.25, 0.3) is 0 Å². The molecule has 0 aliphatic rings. The van der Waals surface area contributed by atoms with Crippen molar-refractivity contribution in [1.82, 2.24) is 0 Å². The van der Waals surface area contributed by atoms with Crippen LogP contribution in [0.2, 0.25) is 10.0 Å². The van der Waals surface area contributed by atoms with Crippen LogP contribution in [0.5, 0.6) is 5.75 Å². The summed E-state index contributed by atoms with van der Waals surface area (Å²) in [6, 6.07) is 4.76. The van der Waals surface area contributed by atoms with Crippen LogP contribution in [0, 0.1) is 5.92 Å². The van der Waals surface area contributed by atoms with Crippen molar-refractivity contribution in [3.05, 3.63) is 52.0 Å². The molecule has 0 radical (unpaired) electrons. The Bertz CT molecular complexity index is 758. The molecule has 2 atom stereocenters. The van der Waals surface area contributed by atoms with Gasteiger partial charge in [-0.1, -0.05) is 42.8 Å². The zero-order valence-corrected chi connectivity index (χ0v) is 18.8. The topological polar surface area (TPSA) is 61.8 Å². The molecule has 0 saturated carbocycles. The Hall–Kier alpha value is -1.98. The first-order valence-electron chi connectivity index (χ1n) is 9.31. The van der Waals surface area contributed by atoms with Gasteiger partial charge in [-0.15, -0.1) is 0 Å². The monoisotopic (exact) mass is 442 g/mol. The van der Waals surface area contributed by atoms with Crippen LogP contribution in [0.1, 0.15) is 40.0 Å². The Morgan fingerprint density at radius 3 is 2.48 bits per heavy atom. The lowest BCUT2D eigenvalue weighted by molar-refractivity contribution is -0.150. The number of allylic oxidation sites excluding steroid dienone is 1. The molecule has 2 unspecified atom stereocenters. The molecule has 0 N–H and O–H groups in total. The summed E-state index contributed by atoms with van der Waals surface area (Å²) in [5.74, 6) is -0.162. The molecule has 0 aliphatic heterocycles. The average Bonchev–Trinajstić information content (AvgIpc) is 2.67. The minimum Gasteiger partial charge on any atom is -0.480 e. The third-order valence-electron chi connectivity index (χ3n) is 4.32. The molecule has 0 bridgehead atoms. The molecule has 0 amide bonds. The molecule has 1 aromatic rings. The smallest absolute Gasteiger partial charge is 0.344 e. The Labute approximate surface area is 182 Å². The Balaban J connectivity index is 2.50. The van der Waals surface area contributed by atoms with Crippen LogP contribution in [-0.2, 0) is 19.1 Å². The molecular weight excluding hydrogens is 415 g/mol. The Morgan fingerprint density at radius 1 is 1.21 bits per heavy atom. The van der Waals surface area contributed by atoms with E-state index in [0.717, 1.165) is 18.4 Å². The number of esters is 2. The van der Waals surface area contributed by atoms with E-state index in [-0.39, 0.29) is 12.6 Å². The van der Waals surface area contributed by atoms with Gasteiger partial charge in [-0.25, -0.2) is 9.59 Å². The number of carbonyl (C=O) groups excluding carboxylic acids is 2. The van der Waals surface area contributed by atoms with E-state index in [9.17, 15) is 9.59 Å². The summed E-state index contributed by atoms with van der Waals surface area (Å²) < 4.78 is 15.6. The zero-order chi connectivity index (χ0) is 22.0. The number of ether oxygens (including phenoxy) is 3. The lowest BCUT2D eigenvalue weighted by Gasteiger charge is -2.20. The van der Waals surface area contributed by atoms with Gasteiger partial charge in [0, 0.05) is 10.6 Å². The highest BCUT2D eigenvalue weighted by Gasteiger charge is 2.18. The quantitative estimate of drug-likeness (QED) is 0.246. The summed E-state index contributed by atoms with van der Waals surface area (Å²) >= 11 is 11.9. The van der Waals surface area contributed by atoms with Gasteiger partial charge >= 0.3 is 11.9 Å². The maximum absolute atomic E-state index is 12.2. The van der Waals surface area contributed by atoms with Crippen molar-refractivity contribution in [2.75, 3.05) is 13.7 Å². The third-order valence-corrected chi connectivity index (χ3v) is 4.85. The number of hydrogen-bond acceptors (Lipinski definition) is 5. The summed E-state index contributed by atoms with van der Waals surface area (Å²) in [7, 11) is 1.36. The van der Waals surface area contributed by atoms with Gasteiger partial charge in [-0.3, -0.25) is 0 Å². The van der Waals surface area contributed by atoms with Crippen molar-refractivity contribution in [2.45, 2.75) is 46.1 Å². The SMILES string of the molecule is C=C(C)C(CCC(C)C/C=C(\C)C(=O)OC)OC(=O)COc1ccc(Cl)cc1Cl. The number of methoxy groups -OCH3 is 1. The molecule has 5 nitrogen and oxygen atoms in total. The minimum atomic E-state index is -0.502. The predicted molar refractivity (Wildman–Crippen MR) is 115 cm³/mol. The molecule has 1 rings (SSSR count). The number of benzene rings is 1. The molecule has 0 saturated heterocycles. The number of halogens is 2. The predicted octanol–water partition coefficient (Wildman–Crippen LogP) is 5.79. The van der Waals surface area contributed by atoms with Gasteiger partial charge in [0.15, 0.2) is 6.61 Å². The second kappa shape index (κ2) is 12.6. The van der Waals surface area contributed by atoms with Crippen molar-refractivity contribution < 1.29 is 23.8 Å². The van der Waals surface area contributed by atoms with Gasteiger partial charge in [-0.05, 0) is 62.8 Å². The molecule has 1 aromatic carbocycles. The fraction of sp³-hybridized carbons (Fsp3) is 0.455. The third kappa shape index (κ3) is 9.37. The Kier molecular flexibility index (Phi) is 10.8. The van der Waals surface area contributed by atoms with Gasteiger partial charge in [0.05, 0.1) is 12.1 Å². The van der Waals surface area contributed by atoms with Crippen molar-refractivity contribution >= 4 is 35.1 Å². The molecule has 0 aromatic heterocycles. The average molecular weight is 443 g/mol. The number of rotatable bonds is 11. The molecular formula is C22H28Cl2O5. The molecule has 0 heterocycles. The van der Waals surface area contributed by atoms with E-state index < -0.39 is 12.1 Å². The van der Waals surface area contributed by atoms with Crippen molar-refractivity contribution in [2.24, 2.45) is 5.92 Å². The molecule has 0 fully saturated rings. The van der Waals surface area contributed by atoms with Crippen molar-refractivity contribution in [3.63, 3.8) is 0 Å². The molecule has 7 heteroatoms. The fourth-order valence-electron chi connectivity index (χ4n) is 2.50. The standard InChI is InChI=1S/C22H28Cl2O5/c1-14(2)19(10-7-15(3)6-8-16(4)22(26)27-5)29-21(25)13-28-20-11-9-17(23)12-18(20)24/h8-9,11-12,15,19H,1,6-7,10,13H2,2-5H3/b16-8+. The van der Waals surface area contributed by atoms with Crippen LogP contribution in [0.15, 0.2) is 42.0 Å². The van der Waals surface area contributed by atoms with E-state index in [1.165, 1.54) is 13.2 Å².